The largest absolute Gasteiger partial charge is 0.748 e. The molecule has 0 N–H and O–H groups in total. The van der Waals surface area contributed by atoms with Crippen molar-refractivity contribution in [1.29, 1.82) is 0 Å². The van der Waals surface area contributed by atoms with E-state index < -0.39 is 7.92 Å². The van der Waals surface area contributed by atoms with Crippen molar-refractivity contribution in [2.45, 2.75) is 0 Å². The summed E-state index contributed by atoms with van der Waals surface area (Å²) in [5.74, 6) is 0. The van der Waals surface area contributed by atoms with Crippen LogP contribution in [0.1, 0.15) is 0 Å². The standard InChI is InChI=1S/C17H13BrP.C5H5.Fe/c18-16-12-6-7-13-17(16)19(15-10-4-5-11-15)14-8-2-1-3-9-14;1-2-4-5-3-1;/h1-13H;1-5H;/q-1;-5;/t19-;;/m1../s1. The van der Waals surface area contributed by atoms with Crippen molar-refractivity contribution >= 4 is 39.8 Å². The first-order valence-corrected chi connectivity index (χ1v) is 9.98. The normalized spacial score (nSPS) is 10.9. The fourth-order valence-electron chi connectivity index (χ4n) is 2.47. The van der Waals surface area contributed by atoms with E-state index in [0.717, 1.165) is 0 Å². The Morgan fingerprint density at radius 2 is 1.20 bits per heavy atom. The molecule has 1 atom stereocenters. The molecule has 0 saturated heterocycles. The van der Waals surface area contributed by atoms with E-state index in [2.05, 4.69) is 94.8 Å². The van der Waals surface area contributed by atoms with Gasteiger partial charge in [0, 0.05) is 21.5 Å². The fraction of sp³-hybridized carbons (Fsp3) is 0. The molecule has 4 rings (SSSR count). The van der Waals surface area contributed by atoms with Crippen LogP contribution in [0.25, 0.3) is 0 Å². The van der Waals surface area contributed by atoms with Crippen LogP contribution < -0.4 is 15.9 Å². The molecule has 0 spiro atoms. The Bertz CT molecular complexity index is 806. The molecule has 0 unspecified atom stereocenters. The molecule has 0 aromatic heterocycles. The summed E-state index contributed by atoms with van der Waals surface area (Å²) in [6.07, 6.45) is 0. The van der Waals surface area contributed by atoms with Gasteiger partial charge in [-0.3, -0.25) is 0 Å². The molecule has 0 fully saturated rings. The minimum atomic E-state index is -0.477. The van der Waals surface area contributed by atoms with Crippen LogP contribution in [0.4, 0.5) is 0 Å². The maximum absolute atomic E-state index is 3.70. The van der Waals surface area contributed by atoms with Crippen molar-refractivity contribution in [3.8, 4) is 0 Å². The molecule has 132 valence electrons. The Morgan fingerprint density at radius 1 is 0.680 bits per heavy atom. The Hall–Kier alpha value is -1.43. The van der Waals surface area contributed by atoms with Crippen LogP contribution in [0, 0.1) is 0 Å². The second-order valence-corrected chi connectivity index (χ2v) is 8.27. The average Bonchev–Trinajstić information content (AvgIpc) is 3.34. The zero-order valence-corrected chi connectivity index (χ0v) is 17.2. The number of halogens is 1. The zero-order valence-electron chi connectivity index (χ0n) is 13.6. The third-order valence-electron chi connectivity index (χ3n) is 3.57. The predicted molar refractivity (Wildman–Crippen MR) is 110 cm³/mol. The number of hydrogen-bond donors (Lipinski definition) is 0. The Morgan fingerprint density at radius 3 is 1.76 bits per heavy atom. The topological polar surface area (TPSA) is 0 Å². The van der Waals surface area contributed by atoms with Crippen LogP contribution in [0.2, 0.25) is 0 Å². The van der Waals surface area contributed by atoms with Gasteiger partial charge in [-0.1, -0.05) is 72.4 Å². The van der Waals surface area contributed by atoms with Crippen molar-refractivity contribution in [2.75, 3.05) is 0 Å². The van der Waals surface area contributed by atoms with Gasteiger partial charge in [-0.2, -0.15) is 12.1 Å². The van der Waals surface area contributed by atoms with Crippen molar-refractivity contribution in [3.05, 3.63) is 114 Å². The second kappa shape index (κ2) is 10.5. The molecule has 0 amide bonds. The van der Waals surface area contributed by atoms with E-state index >= 15 is 0 Å². The summed E-state index contributed by atoms with van der Waals surface area (Å²) in [5, 5.41) is 4.15. The number of hydrogen-bond acceptors (Lipinski definition) is 0. The number of benzene rings is 2. The zero-order chi connectivity index (χ0) is 16.6. The first-order chi connectivity index (χ1) is 11.9. The second-order valence-electron chi connectivity index (χ2n) is 5.23. The summed E-state index contributed by atoms with van der Waals surface area (Å²) in [7, 11) is -0.477. The van der Waals surface area contributed by atoms with Crippen LogP contribution in [0.15, 0.2) is 114 Å². The van der Waals surface area contributed by atoms with E-state index in [1.807, 2.05) is 30.3 Å². The van der Waals surface area contributed by atoms with Gasteiger partial charge in [-0.15, -0.1) is 5.30 Å². The van der Waals surface area contributed by atoms with Crippen molar-refractivity contribution in [3.63, 3.8) is 0 Å². The van der Waals surface area contributed by atoms with Gasteiger partial charge < -0.3 is 30.3 Å². The van der Waals surface area contributed by atoms with Crippen LogP contribution >= 0.6 is 23.9 Å². The first-order valence-electron chi connectivity index (χ1n) is 7.84. The smallest absolute Gasteiger partial charge is 0.0248 e. The molecule has 0 radical (unpaired) electrons. The maximum atomic E-state index is 3.70. The van der Waals surface area contributed by atoms with Crippen LogP contribution in [-0.4, -0.2) is 0 Å². The molecule has 0 aliphatic carbocycles. The Balaban J connectivity index is 0.000000325. The summed E-state index contributed by atoms with van der Waals surface area (Å²) in [4.78, 5) is 0. The summed E-state index contributed by atoms with van der Waals surface area (Å²) >= 11 is 3.70. The molecule has 3 heteroatoms. The van der Waals surface area contributed by atoms with E-state index in [0.29, 0.717) is 0 Å². The Labute approximate surface area is 170 Å². The van der Waals surface area contributed by atoms with Crippen LogP contribution in [-0.2, 0) is 17.1 Å². The van der Waals surface area contributed by atoms with Crippen molar-refractivity contribution < 1.29 is 17.1 Å². The molecule has 25 heavy (non-hydrogen) atoms. The average molecular weight is 449 g/mol. The third-order valence-corrected chi connectivity index (χ3v) is 7.07. The van der Waals surface area contributed by atoms with Gasteiger partial charge in [0.05, 0.1) is 0 Å². The third kappa shape index (κ3) is 5.53. The molecular formula is C22H18BrFeP-6. The maximum Gasteiger partial charge on any atom is 0.0248 e. The van der Waals surface area contributed by atoms with Gasteiger partial charge in [0.1, 0.15) is 0 Å². The van der Waals surface area contributed by atoms with Gasteiger partial charge in [-0.05, 0) is 16.7 Å². The van der Waals surface area contributed by atoms with E-state index in [1.54, 1.807) is 0 Å². The molecule has 0 nitrogen and oxygen atoms in total. The predicted octanol–water partition coefficient (Wildman–Crippen LogP) is 5.33. The molecule has 0 aliphatic heterocycles. The van der Waals surface area contributed by atoms with E-state index in [1.165, 1.54) is 20.4 Å². The minimum absolute atomic E-state index is 0. The summed E-state index contributed by atoms with van der Waals surface area (Å²) < 4.78 is 1.19. The van der Waals surface area contributed by atoms with Crippen molar-refractivity contribution in [2.24, 2.45) is 0 Å². The molecular weight excluding hydrogens is 431 g/mol. The van der Waals surface area contributed by atoms with Gasteiger partial charge >= 0.3 is 0 Å². The molecule has 0 bridgehead atoms. The quantitative estimate of drug-likeness (QED) is 0.226. The van der Waals surface area contributed by atoms with Crippen molar-refractivity contribution in [1.82, 2.24) is 0 Å². The monoisotopic (exact) mass is 448 g/mol. The molecule has 4 aromatic rings. The van der Waals surface area contributed by atoms with Gasteiger partial charge in [-0.25, -0.2) is 12.1 Å². The number of rotatable bonds is 3. The molecule has 0 saturated carbocycles. The fourth-order valence-corrected chi connectivity index (χ4v) is 5.61. The van der Waals surface area contributed by atoms with Crippen LogP contribution in [0.3, 0.4) is 0 Å². The molecule has 0 heterocycles. The Kier molecular flexibility index (Phi) is 8.38. The van der Waals surface area contributed by atoms with E-state index in [9.17, 15) is 0 Å². The van der Waals surface area contributed by atoms with Crippen LogP contribution in [0.5, 0.6) is 0 Å². The van der Waals surface area contributed by atoms with Gasteiger partial charge in [0.15, 0.2) is 0 Å². The summed E-state index contributed by atoms with van der Waals surface area (Å²) in [6.45, 7) is 0. The van der Waals surface area contributed by atoms with Gasteiger partial charge in [0.25, 0.3) is 0 Å². The van der Waals surface area contributed by atoms with E-state index in [-0.39, 0.29) is 17.1 Å². The first kappa shape index (κ1) is 19.9. The molecule has 4 aromatic carbocycles. The van der Waals surface area contributed by atoms with E-state index in [4.69, 9.17) is 0 Å². The summed E-state index contributed by atoms with van der Waals surface area (Å²) in [5.41, 5.74) is 0. The van der Waals surface area contributed by atoms with Gasteiger partial charge in [0.2, 0.25) is 0 Å². The molecule has 0 aliphatic rings. The minimum Gasteiger partial charge on any atom is -0.748 e. The SMILES string of the molecule is Brc1ccccc1[P@](c1ccccc1)[c-]1cccc1.[Fe].[cH-]1[cH-][cH-][cH-][cH-]1. The summed E-state index contributed by atoms with van der Waals surface area (Å²) in [6, 6.07) is 37.9.